The Balaban J connectivity index is 2.84. The van der Waals surface area contributed by atoms with E-state index >= 15 is 0 Å². The lowest BCUT2D eigenvalue weighted by Gasteiger charge is -2.32. The summed E-state index contributed by atoms with van der Waals surface area (Å²) in [7, 11) is 0. The van der Waals surface area contributed by atoms with Gasteiger partial charge < -0.3 is 0 Å². The maximum Gasteiger partial charge on any atom is 0.175 e. The summed E-state index contributed by atoms with van der Waals surface area (Å²) in [6.07, 6.45) is 0. The van der Waals surface area contributed by atoms with E-state index in [2.05, 4.69) is 31.9 Å². The molecule has 0 unspecified atom stereocenters. The molecule has 0 N–H and O–H groups in total. The van der Waals surface area contributed by atoms with Gasteiger partial charge in [0.15, 0.2) is 4.33 Å². The maximum atomic E-state index is 6.31. The second kappa shape index (κ2) is 3.60. The standard InChI is InChI=1S/C7Br2Cl6/c8-1-2(9)6(13)4(11)3(10)5(1,12)7(6,14)15/t5-,6+. The van der Waals surface area contributed by atoms with E-state index in [1.54, 1.807) is 0 Å². The number of halogens is 8. The SMILES string of the molecule is ClC1=C(Cl)[C@]2(Cl)C(Br)=C(Br)[C@@]1(Cl)C2(Cl)Cl. The van der Waals surface area contributed by atoms with Crippen LogP contribution in [0.4, 0.5) is 0 Å². The highest BCUT2D eigenvalue weighted by molar-refractivity contribution is 9.14. The molecule has 2 bridgehead atoms. The van der Waals surface area contributed by atoms with Crippen molar-refractivity contribution < 1.29 is 0 Å². The average molecular weight is 457 g/mol. The molecule has 84 valence electrons. The quantitative estimate of drug-likeness (QED) is 0.402. The van der Waals surface area contributed by atoms with Gasteiger partial charge >= 0.3 is 0 Å². The lowest BCUT2D eigenvalue weighted by molar-refractivity contribution is 0.713. The molecular weight excluding hydrogens is 457 g/mol. The molecule has 0 saturated carbocycles. The Hall–Kier alpha value is 2.18. The minimum Gasteiger partial charge on any atom is -0.104 e. The number of alkyl halides is 4. The van der Waals surface area contributed by atoms with E-state index in [1.807, 2.05) is 0 Å². The summed E-state index contributed by atoms with van der Waals surface area (Å²) < 4.78 is -0.563. The predicted octanol–water partition coefficient (Wildman–Crippen LogP) is 5.83. The Morgan fingerprint density at radius 2 is 1.00 bits per heavy atom. The van der Waals surface area contributed by atoms with Crippen molar-refractivity contribution in [1.29, 1.82) is 0 Å². The number of fused-ring (bicyclic) bond motifs is 2. The van der Waals surface area contributed by atoms with Gasteiger partial charge in [0.25, 0.3) is 0 Å². The van der Waals surface area contributed by atoms with Crippen LogP contribution in [0.15, 0.2) is 19.0 Å². The molecule has 0 nitrogen and oxygen atoms in total. The highest BCUT2D eigenvalue weighted by Crippen LogP contribution is 2.75. The van der Waals surface area contributed by atoms with Crippen LogP contribution in [0, 0.1) is 0 Å². The first-order chi connectivity index (χ1) is 6.63. The Kier molecular flexibility index (Phi) is 3.27. The summed E-state index contributed by atoms with van der Waals surface area (Å²) in [4.78, 5) is -2.68. The van der Waals surface area contributed by atoms with Gasteiger partial charge in [-0.05, 0) is 0 Å². The molecule has 2 rings (SSSR count). The van der Waals surface area contributed by atoms with Crippen LogP contribution in [0.5, 0.6) is 0 Å². The third-order valence-corrected chi connectivity index (χ3v) is 9.51. The Morgan fingerprint density at radius 1 is 0.733 bits per heavy atom. The van der Waals surface area contributed by atoms with Crippen LogP contribution in [0.2, 0.25) is 0 Å². The first-order valence-electron chi connectivity index (χ1n) is 3.51. The van der Waals surface area contributed by atoms with E-state index in [0.717, 1.165) is 0 Å². The first kappa shape index (κ1) is 13.6. The monoisotopic (exact) mass is 452 g/mol. The van der Waals surface area contributed by atoms with E-state index < -0.39 is 14.1 Å². The Morgan fingerprint density at radius 3 is 1.20 bits per heavy atom. The normalized spacial score (nSPS) is 43.2. The van der Waals surface area contributed by atoms with Crippen molar-refractivity contribution in [1.82, 2.24) is 0 Å². The van der Waals surface area contributed by atoms with Crippen LogP contribution < -0.4 is 0 Å². The smallest absolute Gasteiger partial charge is 0.104 e. The lowest BCUT2D eigenvalue weighted by Crippen LogP contribution is -2.44. The largest absolute Gasteiger partial charge is 0.175 e. The van der Waals surface area contributed by atoms with E-state index in [9.17, 15) is 0 Å². The molecule has 0 spiro atoms. The second-order valence-corrected chi connectivity index (χ2v) is 7.95. The van der Waals surface area contributed by atoms with Crippen LogP contribution in [0.3, 0.4) is 0 Å². The number of rotatable bonds is 0. The molecule has 0 aromatic carbocycles. The van der Waals surface area contributed by atoms with E-state index in [-0.39, 0.29) is 10.1 Å². The summed E-state index contributed by atoms with van der Waals surface area (Å²) in [6, 6.07) is 0. The van der Waals surface area contributed by atoms with Gasteiger partial charge in [-0.3, -0.25) is 0 Å². The maximum absolute atomic E-state index is 6.31. The van der Waals surface area contributed by atoms with Crippen LogP contribution in [-0.4, -0.2) is 14.1 Å². The van der Waals surface area contributed by atoms with Crippen LogP contribution in [0.1, 0.15) is 0 Å². The third kappa shape index (κ3) is 1.19. The fraction of sp³-hybridized carbons (Fsp3) is 0.429. The fourth-order valence-corrected chi connectivity index (χ4v) is 6.60. The van der Waals surface area contributed by atoms with Gasteiger partial charge in [-0.2, -0.15) is 0 Å². The fourth-order valence-electron chi connectivity index (χ4n) is 1.59. The summed E-state index contributed by atoms with van der Waals surface area (Å²) in [5.74, 6) is 0. The van der Waals surface area contributed by atoms with Gasteiger partial charge in [-0.15, -0.1) is 23.2 Å². The molecule has 0 heterocycles. The molecule has 0 radical (unpaired) electrons. The number of hydrogen-bond acceptors (Lipinski definition) is 0. The molecule has 0 saturated heterocycles. The summed E-state index contributed by atoms with van der Waals surface area (Å²) in [6.45, 7) is 0. The lowest BCUT2D eigenvalue weighted by atomic mass is 10.1. The van der Waals surface area contributed by atoms with Crippen LogP contribution in [-0.2, 0) is 0 Å². The molecule has 2 aliphatic rings. The van der Waals surface area contributed by atoms with E-state index in [1.165, 1.54) is 0 Å². The number of allylic oxidation sites excluding steroid dienone is 4. The van der Waals surface area contributed by atoms with Crippen molar-refractivity contribution in [2.45, 2.75) is 14.1 Å². The second-order valence-electron chi connectivity index (χ2n) is 3.15. The van der Waals surface area contributed by atoms with Crippen LogP contribution in [0.25, 0.3) is 0 Å². The highest BCUT2D eigenvalue weighted by atomic mass is 79.9. The molecule has 8 heteroatoms. The van der Waals surface area contributed by atoms with Gasteiger partial charge in [0.05, 0.1) is 10.1 Å². The zero-order valence-electron chi connectivity index (χ0n) is 6.52. The molecule has 2 aliphatic carbocycles. The molecule has 0 aliphatic heterocycles. The molecule has 2 atom stereocenters. The summed E-state index contributed by atoms with van der Waals surface area (Å²) >= 11 is 43.5. The van der Waals surface area contributed by atoms with Gasteiger partial charge in [-0.1, -0.05) is 78.3 Å². The molecule has 0 amide bonds. The van der Waals surface area contributed by atoms with Gasteiger partial charge in [0.1, 0.15) is 9.75 Å². The number of hydrogen-bond donors (Lipinski definition) is 0. The topological polar surface area (TPSA) is 0 Å². The molecule has 0 aromatic rings. The molecule has 15 heavy (non-hydrogen) atoms. The van der Waals surface area contributed by atoms with Crippen molar-refractivity contribution in [3.8, 4) is 0 Å². The van der Waals surface area contributed by atoms with Gasteiger partial charge in [0.2, 0.25) is 0 Å². The van der Waals surface area contributed by atoms with E-state index in [4.69, 9.17) is 69.6 Å². The van der Waals surface area contributed by atoms with E-state index in [0.29, 0.717) is 8.96 Å². The minimum atomic E-state index is -1.55. The zero-order chi connectivity index (χ0) is 11.8. The molecule has 0 aromatic heterocycles. The van der Waals surface area contributed by atoms with Crippen molar-refractivity contribution in [3.63, 3.8) is 0 Å². The van der Waals surface area contributed by atoms with Crippen molar-refractivity contribution in [2.75, 3.05) is 0 Å². The Labute approximate surface area is 133 Å². The van der Waals surface area contributed by atoms with Gasteiger partial charge in [-0.25, -0.2) is 0 Å². The first-order valence-corrected chi connectivity index (χ1v) is 7.37. The summed E-state index contributed by atoms with van der Waals surface area (Å²) in [5.41, 5.74) is 0. The van der Waals surface area contributed by atoms with Crippen molar-refractivity contribution in [3.05, 3.63) is 19.0 Å². The van der Waals surface area contributed by atoms with Crippen molar-refractivity contribution >= 4 is 101 Å². The third-order valence-electron chi connectivity index (χ3n) is 2.46. The molecular formula is C7Br2Cl6. The molecule has 0 fully saturated rings. The van der Waals surface area contributed by atoms with Gasteiger partial charge in [0, 0.05) is 8.96 Å². The van der Waals surface area contributed by atoms with Crippen LogP contribution >= 0.6 is 101 Å². The van der Waals surface area contributed by atoms with Crippen molar-refractivity contribution in [2.24, 2.45) is 0 Å². The average Bonchev–Trinajstić information content (AvgIpc) is 2.34. The minimum absolute atomic E-state index is 0.140. The summed E-state index contributed by atoms with van der Waals surface area (Å²) in [5, 5.41) is 0.279. The Bertz CT molecular complexity index is 361. The zero-order valence-corrected chi connectivity index (χ0v) is 14.2. The highest BCUT2D eigenvalue weighted by Gasteiger charge is 2.77. The predicted molar refractivity (Wildman–Crippen MR) is 75.2 cm³/mol.